The minimum atomic E-state index is 0. The van der Waals surface area contributed by atoms with Crippen molar-refractivity contribution in [3.05, 3.63) is 0 Å². The zero-order chi connectivity index (χ0) is 14.3. The number of rotatable bonds is 14. The number of quaternary nitrogens is 1. The van der Waals surface area contributed by atoms with Crippen molar-refractivity contribution in [1.82, 2.24) is 0 Å². The molecule has 0 fully saturated rings. The molecule has 0 spiro atoms. The van der Waals surface area contributed by atoms with Crippen molar-refractivity contribution >= 4 is 11.6 Å². The molecule has 0 aromatic rings. The number of alkyl halides is 1. The molecule has 0 saturated carbocycles. The van der Waals surface area contributed by atoms with E-state index in [9.17, 15) is 0 Å². The summed E-state index contributed by atoms with van der Waals surface area (Å²) in [5.41, 5.74) is 0. The molecule has 1 atom stereocenters. The third kappa shape index (κ3) is 16.8. The second kappa shape index (κ2) is 17.8. The molecule has 0 radical (unpaired) electrons. The van der Waals surface area contributed by atoms with E-state index in [1.165, 1.54) is 77.2 Å². The normalized spacial score (nSPS) is 12.4. The highest BCUT2D eigenvalue weighted by Crippen LogP contribution is 2.20. The van der Waals surface area contributed by atoms with Crippen molar-refractivity contribution in [3.63, 3.8) is 0 Å². The predicted octanol–water partition coefficient (Wildman–Crippen LogP) is 1.30. The van der Waals surface area contributed by atoms with E-state index in [1.54, 1.807) is 4.90 Å². The van der Waals surface area contributed by atoms with Gasteiger partial charge in [-0.3, -0.25) is 0 Å². The van der Waals surface area contributed by atoms with Crippen LogP contribution in [0.4, 0.5) is 0 Å². The lowest BCUT2D eigenvalue weighted by atomic mass is 9.94. The van der Waals surface area contributed by atoms with E-state index in [4.69, 9.17) is 11.6 Å². The topological polar surface area (TPSA) is 4.44 Å². The van der Waals surface area contributed by atoms with E-state index in [-0.39, 0.29) is 17.0 Å². The van der Waals surface area contributed by atoms with Crippen molar-refractivity contribution in [1.29, 1.82) is 0 Å². The SMILES string of the molecule is CCC(CCCCl)CCCCCCCCC[NH+](C)C.[Br-]. The second-order valence-electron chi connectivity index (χ2n) is 6.33. The summed E-state index contributed by atoms with van der Waals surface area (Å²) in [7, 11) is 4.49. The van der Waals surface area contributed by atoms with Gasteiger partial charge in [-0.05, 0) is 31.6 Å². The van der Waals surface area contributed by atoms with Crippen LogP contribution in [0.5, 0.6) is 0 Å². The fraction of sp³-hybridized carbons (Fsp3) is 1.00. The molecule has 3 heteroatoms. The van der Waals surface area contributed by atoms with E-state index >= 15 is 0 Å². The van der Waals surface area contributed by atoms with Gasteiger partial charge in [0, 0.05) is 5.88 Å². The molecule has 20 heavy (non-hydrogen) atoms. The molecule has 0 aliphatic rings. The summed E-state index contributed by atoms with van der Waals surface area (Å²) < 4.78 is 0. The van der Waals surface area contributed by atoms with Crippen molar-refractivity contribution in [3.8, 4) is 0 Å². The van der Waals surface area contributed by atoms with E-state index in [2.05, 4.69) is 21.0 Å². The van der Waals surface area contributed by atoms with Gasteiger partial charge in [0.15, 0.2) is 0 Å². The monoisotopic (exact) mass is 369 g/mol. The Balaban J connectivity index is 0. The summed E-state index contributed by atoms with van der Waals surface area (Å²) in [5, 5.41) is 0. The standard InChI is InChI=1S/C17H36ClN.BrH/c1-4-17(14-12-15-18)13-10-8-6-5-7-9-11-16-19(2)3;/h17H,4-16H2,1-3H3;1H. The predicted molar refractivity (Wildman–Crippen MR) is 88.3 cm³/mol. The number of nitrogens with one attached hydrogen (secondary N) is 1. The summed E-state index contributed by atoms with van der Waals surface area (Å²) in [6.07, 6.45) is 15.3. The summed E-state index contributed by atoms with van der Waals surface area (Å²) >= 11 is 5.76. The third-order valence-corrected chi connectivity index (χ3v) is 4.38. The molecule has 0 aromatic carbocycles. The maximum absolute atomic E-state index is 5.76. The number of halogens is 2. The fourth-order valence-electron chi connectivity index (χ4n) is 2.71. The highest BCUT2D eigenvalue weighted by molar-refractivity contribution is 6.17. The Morgan fingerprint density at radius 1 is 0.800 bits per heavy atom. The van der Waals surface area contributed by atoms with Gasteiger partial charge < -0.3 is 21.9 Å². The summed E-state index contributed by atoms with van der Waals surface area (Å²) in [5.74, 6) is 1.77. The van der Waals surface area contributed by atoms with Crippen LogP contribution >= 0.6 is 11.6 Å². The first kappa shape index (κ1) is 23.0. The van der Waals surface area contributed by atoms with Crippen LogP contribution in [0.1, 0.15) is 77.6 Å². The zero-order valence-electron chi connectivity index (χ0n) is 14.0. The zero-order valence-corrected chi connectivity index (χ0v) is 16.4. The fourth-order valence-corrected chi connectivity index (χ4v) is 2.87. The highest BCUT2D eigenvalue weighted by Gasteiger charge is 2.05. The van der Waals surface area contributed by atoms with Gasteiger partial charge in [0.05, 0.1) is 20.6 Å². The maximum atomic E-state index is 5.76. The van der Waals surface area contributed by atoms with Gasteiger partial charge in [-0.2, -0.15) is 0 Å². The Kier molecular flexibility index (Phi) is 20.5. The van der Waals surface area contributed by atoms with Crippen molar-refractivity contribution in [2.45, 2.75) is 77.6 Å². The molecule has 0 rings (SSSR count). The third-order valence-electron chi connectivity index (χ3n) is 4.11. The van der Waals surface area contributed by atoms with Crippen LogP contribution in [-0.2, 0) is 0 Å². The molecule has 0 heterocycles. The molecule has 124 valence electrons. The first-order chi connectivity index (χ1) is 9.20. The molecule has 0 amide bonds. The minimum Gasteiger partial charge on any atom is -1.00 e. The molecule has 0 aromatic heterocycles. The summed E-state index contributed by atoms with van der Waals surface area (Å²) in [4.78, 5) is 1.59. The van der Waals surface area contributed by atoms with Crippen molar-refractivity contribution in [2.24, 2.45) is 5.92 Å². The lowest BCUT2D eigenvalue weighted by molar-refractivity contribution is -0.858. The van der Waals surface area contributed by atoms with Crippen LogP contribution in [0.2, 0.25) is 0 Å². The quantitative estimate of drug-likeness (QED) is 0.347. The first-order valence-electron chi connectivity index (χ1n) is 8.55. The molecule has 0 aliphatic heterocycles. The van der Waals surface area contributed by atoms with Gasteiger partial charge in [0.2, 0.25) is 0 Å². The van der Waals surface area contributed by atoms with E-state index in [0.29, 0.717) is 0 Å². The summed E-state index contributed by atoms with van der Waals surface area (Å²) in [6, 6.07) is 0. The summed E-state index contributed by atoms with van der Waals surface area (Å²) in [6.45, 7) is 3.66. The van der Waals surface area contributed by atoms with Crippen molar-refractivity contribution in [2.75, 3.05) is 26.5 Å². The number of hydrogen-bond donors (Lipinski definition) is 1. The van der Waals surface area contributed by atoms with Gasteiger partial charge in [-0.1, -0.05) is 51.9 Å². The molecular weight excluding hydrogens is 334 g/mol. The van der Waals surface area contributed by atoms with Crippen LogP contribution in [-0.4, -0.2) is 26.5 Å². The van der Waals surface area contributed by atoms with E-state index < -0.39 is 0 Å². The van der Waals surface area contributed by atoms with Crippen molar-refractivity contribution < 1.29 is 21.9 Å². The van der Waals surface area contributed by atoms with E-state index in [0.717, 1.165) is 11.8 Å². The molecular formula is C17H37BrClN. The molecule has 0 saturated heterocycles. The van der Waals surface area contributed by atoms with Crippen LogP contribution in [0.3, 0.4) is 0 Å². The van der Waals surface area contributed by atoms with Gasteiger partial charge in [0.1, 0.15) is 0 Å². The van der Waals surface area contributed by atoms with Crippen LogP contribution in [0.15, 0.2) is 0 Å². The van der Waals surface area contributed by atoms with Crippen LogP contribution < -0.4 is 21.9 Å². The Morgan fingerprint density at radius 3 is 1.80 bits per heavy atom. The molecule has 1 unspecified atom stereocenters. The average Bonchev–Trinajstić information content (AvgIpc) is 2.40. The number of unbranched alkanes of at least 4 members (excludes halogenated alkanes) is 6. The molecule has 0 aliphatic carbocycles. The second-order valence-corrected chi connectivity index (χ2v) is 6.70. The maximum Gasteiger partial charge on any atom is 0.0766 e. The lowest BCUT2D eigenvalue weighted by Gasteiger charge is -2.13. The average molecular weight is 371 g/mol. The lowest BCUT2D eigenvalue weighted by Crippen LogP contribution is -3.05. The van der Waals surface area contributed by atoms with E-state index in [1.807, 2.05) is 0 Å². The van der Waals surface area contributed by atoms with Gasteiger partial charge in [0.25, 0.3) is 0 Å². The van der Waals surface area contributed by atoms with Gasteiger partial charge in [-0.25, -0.2) is 0 Å². The Morgan fingerprint density at radius 2 is 1.30 bits per heavy atom. The minimum absolute atomic E-state index is 0. The Hall–Kier alpha value is 0.730. The Labute approximate surface area is 143 Å². The number of hydrogen-bond acceptors (Lipinski definition) is 0. The van der Waals surface area contributed by atoms with Crippen LogP contribution in [0, 0.1) is 5.92 Å². The smallest absolute Gasteiger partial charge is 0.0766 e. The first-order valence-corrected chi connectivity index (χ1v) is 9.09. The molecule has 1 nitrogen and oxygen atoms in total. The van der Waals surface area contributed by atoms with Gasteiger partial charge >= 0.3 is 0 Å². The molecule has 0 bridgehead atoms. The largest absolute Gasteiger partial charge is 1.00 e. The molecule has 1 N–H and O–H groups in total. The Bertz CT molecular complexity index is 176. The van der Waals surface area contributed by atoms with Crippen LogP contribution in [0.25, 0.3) is 0 Å². The highest BCUT2D eigenvalue weighted by atomic mass is 79.9. The van der Waals surface area contributed by atoms with Gasteiger partial charge in [-0.15, -0.1) is 11.6 Å².